The second-order valence-electron chi connectivity index (χ2n) is 4.20. The maximum atomic E-state index is 10.9. The summed E-state index contributed by atoms with van der Waals surface area (Å²) in [7, 11) is 0. The zero-order valence-corrected chi connectivity index (χ0v) is 10.0. The maximum absolute atomic E-state index is 10.9. The molecule has 3 nitrogen and oxygen atoms in total. The quantitative estimate of drug-likeness (QED) is 0.880. The number of aliphatic carboxylic acids is 1. The summed E-state index contributed by atoms with van der Waals surface area (Å²) in [5.74, 6) is -0.807. The Kier molecular flexibility index (Phi) is 3.09. The van der Waals surface area contributed by atoms with Crippen LogP contribution < -0.4 is 0 Å². The van der Waals surface area contributed by atoms with Crippen LogP contribution in [0.4, 0.5) is 0 Å². The van der Waals surface area contributed by atoms with Gasteiger partial charge in [-0.3, -0.25) is 9.78 Å². The Labute approximate surface area is 100 Å². The molecule has 0 atom stereocenters. The van der Waals surface area contributed by atoms with Crippen molar-refractivity contribution in [3.05, 3.63) is 41.1 Å². The van der Waals surface area contributed by atoms with E-state index in [9.17, 15) is 4.79 Å². The third-order valence-corrected chi connectivity index (χ3v) is 2.84. The first-order chi connectivity index (χ1) is 8.10. The summed E-state index contributed by atoms with van der Waals surface area (Å²) in [4.78, 5) is 15.3. The van der Waals surface area contributed by atoms with Gasteiger partial charge < -0.3 is 5.11 Å². The van der Waals surface area contributed by atoms with Gasteiger partial charge in [-0.1, -0.05) is 13.0 Å². The molecule has 3 heteroatoms. The highest BCUT2D eigenvalue weighted by Crippen LogP contribution is 2.21. The van der Waals surface area contributed by atoms with E-state index in [4.69, 9.17) is 5.11 Å². The third kappa shape index (κ3) is 2.44. The van der Waals surface area contributed by atoms with Crippen LogP contribution in [-0.2, 0) is 17.6 Å². The Hall–Kier alpha value is -1.90. The van der Waals surface area contributed by atoms with Gasteiger partial charge in [0.05, 0.1) is 11.9 Å². The van der Waals surface area contributed by atoms with Crippen LogP contribution in [0.2, 0.25) is 0 Å². The first-order valence-electron chi connectivity index (χ1n) is 5.71. The fraction of sp³-hybridized carbons (Fsp3) is 0.286. The van der Waals surface area contributed by atoms with E-state index in [1.54, 1.807) is 0 Å². The van der Waals surface area contributed by atoms with Crippen molar-refractivity contribution < 1.29 is 9.90 Å². The lowest BCUT2D eigenvalue weighted by atomic mass is 10.0. The monoisotopic (exact) mass is 229 g/mol. The summed E-state index contributed by atoms with van der Waals surface area (Å²) in [5.41, 5.74) is 3.78. The van der Waals surface area contributed by atoms with Gasteiger partial charge in [0.25, 0.3) is 0 Å². The largest absolute Gasteiger partial charge is 0.481 e. The fourth-order valence-electron chi connectivity index (χ4n) is 2.02. The number of nitrogens with zero attached hydrogens (tertiary/aromatic N) is 1. The van der Waals surface area contributed by atoms with Crippen LogP contribution in [0, 0.1) is 6.92 Å². The van der Waals surface area contributed by atoms with E-state index in [-0.39, 0.29) is 6.42 Å². The molecule has 0 aliphatic rings. The SMILES string of the molecule is CCc1ccc2nc(C)cc(CC(=O)O)c2c1. The molecular formula is C14H15NO2. The van der Waals surface area contributed by atoms with E-state index in [0.29, 0.717) is 0 Å². The highest BCUT2D eigenvalue weighted by Gasteiger charge is 2.08. The standard InChI is InChI=1S/C14H15NO2/c1-3-10-4-5-13-12(7-10)11(8-14(16)17)6-9(2)15-13/h4-7H,3,8H2,1-2H3,(H,16,17). The molecule has 1 heterocycles. The second kappa shape index (κ2) is 4.53. The molecular weight excluding hydrogens is 214 g/mol. The number of aryl methyl sites for hydroxylation is 2. The molecule has 2 aromatic rings. The maximum Gasteiger partial charge on any atom is 0.307 e. The molecule has 88 valence electrons. The normalized spacial score (nSPS) is 10.7. The van der Waals surface area contributed by atoms with Gasteiger partial charge in [-0.15, -0.1) is 0 Å². The van der Waals surface area contributed by atoms with Crippen molar-refractivity contribution in [2.75, 3.05) is 0 Å². The van der Waals surface area contributed by atoms with Gasteiger partial charge in [0.15, 0.2) is 0 Å². The number of rotatable bonds is 3. The van der Waals surface area contributed by atoms with Crippen LogP contribution in [0.3, 0.4) is 0 Å². The Bertz CT molecular complexity index is 576. The molecule has 0 saturated heterocycles. The summed E-state index contributed by atoms with van der Waals surface area (Å²) in [6, 6.07) is 7.90. The molecule has 17 heavy (non-hydrogen) atoms. The van der Waals surface area contributed by atoms with Gasteiger partial charge in [-0.25, -0.2) is 0 Å². The predicted octanol–water partition coefficient (Wildman–Crippen LogP) is 2.73. The third-order valence-electron chi connectivity index (χ3n) is 2.84. The van der Waals surface area contributed by atoms with E-state index in [2.05, 4.69) is 11.9 Å². The number of carboxylic acids is 1. The Morgan fingerprint density at radius 1 is 1.35 bits per heavy atom. The van der Waals surface area contributed by atoms with Gasteiger partial charge >= 0.3 is 5.97 Å². The first-order valence-corrected chi connectivity index (χ1v) is 5.71. The van der Waals surface area contributed by atoms with E-state index < -0.39 is 5.97 Å². The van der Waals surface area contributed by atoms with Crippen molar-refractivity contribution in [3.8, 4) is 0 Å². The van der Waals surface area contributed by atoms with E-state index >= 15 is 0 Å². The van der Waals surface area contributed by atoms with Crippen molar-refractivity contribution in [2.45, 2.75) is 26.7 Å². The summed E-state index contributed by atoms with van der Waals surface area (Å²) in [6.07, 6.45) is 0.989. The molecule has 0 saturated carbocycles. The summed E-state index contributed by atoms with van der Waals surface area (Å²) in [6.45, 7) is 3.97. The highest BCUT2D eigenvalue weighted by molar-refractivity contribution is 5.86. The number of carboxylic acid groups (broad SMARTS) is 1. The molecule has 0 radical (unpaired) electrons. The van der Waals surface area contributed by atoms with Gasteiger partial charge in [-0.05, 0) is 42.7 Å². The molecule has 0 unspecified atom stereocenters. The number of benzene rings is 1. The van der Waals surface area contributed by atoms with Crippen molar-refractivity contribution in [2.24, 2.45) is 0 Å². The van der Waals surface area contributed by atoms with Crippen LogP contribution in [0.15, 0.2) is 24.3 Å². The molecule has 0 aliphatic heterocycles. The van der Waals surface area contributed by atoms with E-state index in [1.165, 1.54) is 5.56 Å². The van der Waals surface area contributed by atoms with E-state index in [1.807, 2.05) is 31.2 Å². The topological polar surface area (TPSA) is 50.2 Å². The molecule has 1 aromatic carbocycles. The number of carbonyl (C=O) groups is 1. The molecule has 2 rings (SSSR count). The average Bonchev–Trinajstić information content (AvgIpc) is 2.27. The zero-order chi connectivity index (χ0) is 12.4. The molecule has 0 aliphatic carbocycles. The van der Waals surface area contributed by atoms with Crippen molar-refractivity contribution >= 4 is 16.9 Å². The lowest BCUT2D eigenvalue weighted by molar-refractivity contribution is -0.136. The second-order valence-corrected chi connectivity index (χ2v) is 4.20. The summed E-state index contributed by atoms with van der Waals surface area (Å²) in [5, 5.41) is 9.88. The van der Waals surface area contributed by atoms with Crippen LogP contribution in [-0.4, -0.2) is 16.1 Å². The van der Waals surface area contributed by atoms with Gasteiger partial charge in [0.2, 0.25) is 0 Å². The van der Waals surface area contributed by atoms with Crippen LogP contribution in [0.5, 0.6) is 0 Å². The number of hydrogen-bond acceptors (Lipinski definition) is 2. The number of fused-ring (bicyclic) bond motifs is 1. The predicted molar refractivity (Wildman–Crippen MR) is 67.2 cm³/mol. The molecule has 0 spiro atoms. The zero-order valence-electron chi connectivity index (χ0n) is 10.0. The number of aromatic nitrogens is 1. The molecule has 0 bridgehead atoms. The lowest BCUT2D eigenvalue weighted by Crippen LogP contribution is -2.02. The minimum absolute atomic E-state index is 0.0486. The van der Waals surface area contributed by atoms with Crippen molar-refractivity contribution in [1.29, 1.82) is 0 Å². The van der Waals surface area contributed by atoms with Crippen molar-refractivity contribution in [1.82, 2.24) is 4.98 Å². The smallest absolute Gasteiger partial charge is 0.307 e. The lowest BCUT2D eigenvalue weighted by Gasteiger charge is -2.07. The van der Waals surface area contributed by atoms with E-state index in [0.717, 1.165) is 28.6 Å². The minimum atomic E-state index is -0.807. The van der Waals surface area contributed by atoms with Crippen LogP contribution in [0.25, 0.3) is 10.9 Å². The fourth-order valence-corrected chi connectivity index (χ4v) is 2.02. The number of hydrogen-bond donors (Lipinski definition) is 1. The van der Waals surface area contributed by atoms with Gasteiger partial charge in [0.1, 0.15) is 0 Å². The molecule has 0 amide bonds. The van der Waals surface area contributed by atoms with Crippen LogP contribution in [0.1, 0.15) is 23.7 Å². The van der Waals surface area contributed by atoms with Crippen LogP contribution >= 0.6 is 0 Å². The molecule has 1 N–H and O–H groups in total. The molecule has 0 fully saturated rings. The van der Waals surface area contributed by atoms with Crippen molar-refractivity contribution in [3.63, 3.8) is 0 Å². The number of pyridine rings is 1. The van der Waals surface area contributed by atoms with Gasteiger partial charge in [-0.2, -0.15) is 0 Å². The highest BCUT2D eigenvalue weighted by atomic mass is 16.4. The molecule has 1 aromatic heterocycles. The minimum Gasteiger partial charge on any atom is -0.481 e. The Morgan fingerprint density at radius 2 is 2.12 bits per heavy atom. The summed E-state index contributed by atoms with van der Waals surface area (Å²) >= 11 is 0. The summed E-state index contributed by atoms with van der Waals surface area (Å²) < 4.78 is 0. The first kappa shape index (κ1) is 11.6. The average molecular weight is 229 g/mol. The van der Waals surface area contributed by atoms with Gasteiger partial charge in [0, 0.05) is 11.1 Å². The Morgan fingerprint density at radius 3 is 2.76 bits per heavy atom. The Balaban J connectivity index is 2.65.